The van der Waals surface area contributed by atoms with E-state index in [1.165, 1.54) is 0 Å². The minimum atomic E-state index is -0.483. The number of hydrogen-bond donors (Lipinski definition) is 1. The van der Waals surface area contributed by atoms with E-state index in [-0.39, 0.29) is 11.8 Å². The summed E-state index contributed by atoms with van der Waals surface area (Å²) in [5, 5.41) is 2.71. The third-order valence-corrected chi connectivity index (χ3v) is 3.08. The Balaban J connectivity index is 1.92. The number of carbonyl (C=O) groups excluding carboxylic acids is 2. The molecule has 0 bridgehead atoms. The molecular formula is C13H17N3O2. The molecule has 0 aromatic carbocycles. The summed E-state index contributed by atoms with van der Waals surface area (Å²) < 4.78 is 0. The van der Waals surface area contributed by atoms with Crippen molar-refractivity contribution >= 4 is 11.8 Å². The molecule has 0 spiro atoms. The van der Waals surface area contributed by atoms with Gasteiger partial charge in [-0.15, -0.1) is 0 Å². The van der Waals surface area contributed by atoms with E-state index in [0.29, 0.717) is 5.56 Å². The molecule has 0 radical (unpaired) electrons. The molecule has 2 heterocycles. The summed E-state index contributed by atoms with van der Waals surface area (Å²) in [6.45, 7) is 3.32. The molecule has 0 saturated carbocycles. The average molecular weight is 247 g/mol. The zero-order valence-corrected chi connectivity index (χ0v) is 10.4. The third kappa shape index (κ3) is 2.85. The zero-order valence-electron chi connectivity index (χ0n) is 10.4. The van der Waals surface area contributed by atoms with Gasteiger partial charge < -0.3 is 10.2 Å². The predicted molar refractivity (Wildman–Crippen MR) is 67.0 cm³/mol. The van der Waals surface area contributed by atoms with Gasteiger partial charge in [0.05, 0.1) is 0 Å². The number of rotatable bonds is 3. The summed E-state index contributed by atoms with van der Waals surface area (Å²) in [7, 11) is 0. The van der Waals surface area contributed by atoms with Gasteiger partial charge >= 0.3 is 0 Å². The molecule has 0 unspecified atom stereocenters. The van der Waals surface area contributed by atoms with Gasteiger partial charge in [-0.05, 0) is 31.9 Å². The highest BCUT2D eigenvalue weighted by Gasteiger charge is 2.24. The highest BCUT2D eigenvalue weighted by molar-refractivity contribution is 5.97. The number of pyridine rings is 1. The number of aromatic nitrogens is 1. The third-order valence-electron chi connectivity index (χ3n) is 3.08. The molecule has 18 heavy (non-hydrogen) atoms. The van der Waals surface area contributed by atoms with Gasteiger partial charge in [-0.1, -0.05) is 0 Å². The van der Waals surface area contributed by atoms with Crippen molar-refractivity contribution in [2.24, 2.45) is 0 Å². The van der Waals surface area contributed by atoms with Gasteiger partial charge in [0.2, 0.25) is 5.91 Å². The Bertz CT molecular complexity index is 427. The van der Waals surface area contributed by atoms with Crippen LogP contribution in [0.25, 0.3) is 0 Å². The van der Waals surface area contributed by atoms with Crippen LogP contribution in [0.3, 0.4) is 0 Å². The topological polar surface area (TPSA) is 62.3 Å². The Kier molecular flexibility index (Phi) is 3.92. The SMILES string of the molecule is C[C@H](NC(=O)c1ccncc1)C(=O)N1CCCC1. The first-order valence-electron chi connectivity index (χ1n) is 6.18. The van der Waals surface area contributed by atoms with Gasteiger partial charge in [0.1, 0.15) is 6.04 Å². The molecule has 5 heteroatoms. The largest absolute Gasteiger partial charge is 0.341 e. The normalized spacial score (nSPS) is 16.4. The fraction of sp³-hybridized carbons (Fsp3) is 0.462. The molecular weight excluding hydrogens is 230 g/mol. The summed E-state index contributed by atoms with van der Waals surface area (Å²) in [6, 6.07) is 2.77. The fourth-order valence-electron chi connectivity index (χ4n) is 2.06. The number of nitrogens with zero attached hydrogens (tertiary/aromatic N) is 2. The van der Waals surface area contributed by atoms with Crippen LogP contribution in [-0.2, 0) is 4.79 Å². The van der Waals surface area contributed by atoms with Crippen LogP contribution in [0.15, 0.2) is 24.5 Å². The number of nitrogens with one attached hydrogen (secondary N) is 1. The second-order valence-electron chi connectivity index (χ2n) is 4.46. The molecule has 96 valence electrons. The molecule has 5 nitrogen and oxygen atoms in total. The lowest BCUT2D eigenvalue weighted by Gasteiger charge is -2.21. The van der Waals surface area contributed by atoms with Crippen LogP contribution in [0.2, 0.25) is 0 Å². The van der Waals surface area contributed by atoms with Crippen molar-refractivity contribution in [1.29, 1.82) is 0 Å². The van der Waals surface area contributed by atoms with Crippen molar-refractivity contribution in [3.63, 3.8) is 0 Å². The first kappa shape index (κ1) is 12.5. The number of likely N-dealkylation sites (tertiary alicyclic amines) is 1. The van der Waals surface area contributed by atoms with E-state index in [2.05, 4.69) is 10.3 Å². The Morgan fingerprint density at radius 2 is 1.89 bits per heavy atom. The van der Waals surface area contributed by atoms with Crippen molar-refractivity contribution in [2.75, 3.05) is 13.1 Å². The van der Waals surface area contributed by atoms with E-state index < -0.39 is 6.04 Å². The average Bonchev–Trinajstić information content (AvgIpc) is 2.92. The number of carbonyl (C=O) groups is 2. The molecule has 2 rings (SSSR count). The Morgan fingerprint density at radius 1 is 1.28 bits per heavy atom. The van der Waals surface area contributed by atoms with E-state index >= 15 is 0 Å². The molecule has 1 atom stereocenters. The molecule has 1 N–H and O–H groups in total. The van der Waals surface area contributed by atoms with E-state index in [4.69, 9.17) is 0 Å². The highest BCUT2D eigenvalue weighted by Crippen LogP contribution is 2.09. The summed E-state index contributed by atoms with van der Waals surface area (Å²) in [4.78, 5) is 29.5. The highest BCUT2D eigenvalue weighted by atomic mass is 16.2. The maximum absolute atomic E-state index is 12.0. The molecule has 1 saturated heterocycles. The number of hydrogen-bond acceptors (Lipinski definition) is 3. The minimum Gasteiger partial charge on any atom is -0.341 e. The van der Waals surface area contributed by atoms with Gasteiger partial charge in [0.25, 0.3) is 5.91 Å². The summed E-state index contributed by atoms with van der Waals surface area (Å²) in [6.07, 6.45) is 5.22. The zero-order chi connectivity index (χ0) is 13.0. The summed E-state index contributed by atoms with van der Waals surface area (Å²) in [5.74, 6) is -0.243. The first-order chi connectivity index (χ1) is 8.68. The predicted octanol–water partition coefficient (Wildman–Crippen LogP) is 0.822. The Morgan fingerprint density at radius 3 is 2.50 bits per heavy atom. The lowest BCUT2D eigenvalue weighted by molar-refractivity contribution is -0.131. The molecule has 0 aliphatic carbocycles. The molecule has 1 fully saturated rings. The quantitative estimate of drug-likeness (QED) is 0.860. The van der Waals surface area contributed by atoms with Crippen molar-refractivity contribution < 1.29 is 9.59 Å². The van der Waals surface area contributed by atoms with E-state index in [1.807, 2.05) is 0 Å². The van der Waals surface area contributed by atoms with Crippen LogP contribution in [0.1, 0.15) is 30.1 Å². The van der Waals surface area contributed by atoms with Crippen LogP contribution in [0.4, 0.5) is 0 Å². The van der Waals surface area contributed by atoms with E-state index in [1.54, 1.807) is 36.4 Å². The summed E-state index contributed by atoms with van der Waals surface area (Å²) in [5.41, 5.74) is 0.520. The van der Waals surface area contributed by atoms with Crippen molar-refractivity contribution in [2.45, 2.75) is 25.8 Å². The van der Waals surface area contributed by atoms with Gasteiger partial charge in [0, 0.05) is 31.0 Å². The lowest BCUT2D eigenvalue weighted by Crippen LogP contribution is -2.45. The first-order valence-corrected chi connectivity index (χ1v) is 6.18. The van der Waals surface area contributed by atoms with Gasteiger partial charge in [-0.2, -0.15) is 0 Å². The van der Waals surface area contributed by atoms with Crippen LogP contribution < -0.4 is 5.32 Å². The Hall–Kier alpha value is -1.91. The van der Waals surface area contributed by atoms with Crippen LogP contribution in [0, 0.1) is 0 Å². The maximum atomic E-state index is 12.0. The van der Waals surface area contributed by atoms with E-state index in [0.717, 1.165) is 25.9 Å². The van der Waals surface area contributed by atoms with Crippen molar-refractivity contribution in [1.82, 2.24) is 15.2 Å². The van der Waals surface area contributed by atoms with Gasteiger partial charge in [-0.3, -0.25) is 14.6 Å². The van der Waals surface area contributed by atoms with Crippen molar-refractivity contribution in [3.05, 3.63) is 30.1 Å². The van der Waals surface area contributed by atoms with Crippen LogP contribution >= 0.6 is 0 Å². The van der Waals surface area contributed by atoms with Crippen molar-refractivity contribution in [3.8, 4) is 0 Å². The van der Waals surface area contributed by atoms with Crippen LogP contribution in [-0.4, -0.2) is 40.8 Å². The molecule has 2 amide bonds. The fourth-order valence-corrected chi connectivity index (χ4v) is 2.06. The second-order valence-corrected chi connectivity index (χ2v) is 4.46. The molecule has 1 aromatic rings. The maximum Gasteiger partial charge on any atom is 0.252 e. The monoisotopic (exact) mass is 247 g/mol. The number of amides is 2. The smallest absolute Gasteiger partial charge is 0.252 e. The van der Waals surface area contributed by atoms with Crippen LogP contribution in [0.5, 0.6) is 0 Å². The van der Waals surface area contributed by atoms with Gasteiger partial charge in [0.15, 0.2) is 0 Å². The lowest BCUT2D eigenvalue weighted by atomic mass is 10.2. The Labute approximate surface area is 106 Å². The van der Waals surface area contributed by atoms with E-state index in [9.17, 15) is 9.59 Å². The standard InChI is InChI=1S/C13H17N3O2/c1-10(13(18)16-8-2-3-9-16)15-12(17)11-4-6-14-7-5-11/h4-7,10H,2-3,8-9H2,1H3,(H,15,17)/t10-/m0/s1. The molecule has 1 aromatic heterocycles. The minimum absolute atomic E-state index is 0.00472. The molecule has 1 aliphatic rings. The summed E-state index contributed by atoms with van der Waals surface area (Å²) >= 11 is 0. The van der Waals surface area contributed by atoms with Gasteiger partial charge in [-0.25, -0.2) is 0 Å². The second kappa shape index (κ2) is 5.62. The molecule has 1 aliphatic heterocycles.